The van der Waals surface area contributed by atoms with E-state index in [0.29, 0.717) is 0 Å². The molecule has 0 radical (unpaired) electrons. The minimum absolute atomic E-state index is 0.0342. The van der Waals surface area contributed by atoms with Gasteiger partial charge in [0, 0.05) is 6.92 Å². The van der Waals surface area contributed by atoms with E-state index in [0.717, 1.165) is 0 Å². The lowest BCUT2D eigenvalue weighted by atomic mass is 10.4. The minimum Gasteiger partial charge on any atom is -0.248 e. The summed E-state index contributed by atoms with van der Waals surface area (Å²) in [5.74, 6) is 0. The summed E-state index contributed by atoms with van der Waals surface area (Å²) in [7, 11) is -12.4. The second kappa shape index (κ2) is 4.85. The molecule has 0 rings (SSSR count). The van der Waals surface area contributed by atoms with Crippen LogP contribution in [0.25, 0.3) is 0 Å². The Labute approximate surface area is 98.3 Å². The fourth-order valence-electron chi connectivity index (χ4n) is 0.531. The first-order chi connectivity index (χ1) is 7.69. The largest absolute Gasteiger partial charge is 0.392 e. The number of sulfonamides is 2. The summed E-state index contributed by atoms with van der Waals surface area (Å²) in [5.41, 5.74) is 0. The Morgan fingerprint density at radius 2 is 1.44 bits per heavy atom. The summed E-state index contributed by atoms with van der Waals surface area (Å²) in [6, 6.07) is 0. The Kier molecular flexibility index (Phi) is 4.69. The van der Waals surface area contributed by atoms with Crippen LogP contribution in [0.3, 0.4) is 0 Å². The molecule has 0 fully saturated rings. The molecule has 0 aromatic carbocycles. The quantitative estimate of drug-likeness (QED) is 0.732. The van der Waals surface area contributed by atoms with Gasteiger partial charge in [-0.15, -0.1) is 0 Å². The smallest absolute Gasteiger partial charge is 0.248 e. The van der Waals surface area contributed by atoms with E-state index >= 15 is 0 Å². The van der Waals surface area contributed by atoms with Gasteiger partial charge in [-0.3, -0.25) is 0 Å². The van der Waals surface area contributed by atoms with Gasteiger partial charge in [0.05, 0.1) is 0 Å². The molecule has 0 heterocycles. The molecule has 1 unspecified atom stereocenters. The molecule has 0 aromatic rings. The van der Waals surface area contributed by atoms with Crippen molar-refractivity contribution >= 4 is 20.0 Å². The van der Waals surface area contributed by atoms with Gasteiger partial charge in [0.25, 0.3) is 20.0 Å². The van der Waals surface area contributed by atoms with Gasteiger partial charge in [-0.2, -0.15) is 17.6 Å². The zero-order chi connectivity index (χ0) is 15.0. The normalized spacial score (nSPS) is 16.6. The summed E-state index contributed by atoms with van der Waals surface area (Å²) >= 11 is 0. The van der Waals surface area contributed by atoms with Gasteiger partial charge < -0.3 is 0 Å². The molecule has 1 atom stereocenters. The van der Waals surface area contributed by atoms with E-state index in [1.54, 1.807) is 0 Å². The molecule has 0 aliphatic rings. The van der Waals surface area contributed by atoms with Crippen molar-refractivity contribution in [3.63, 3.8) is 0 Å². The maximum absolute atomic E-state index is 12.7. The molecule has 0 saturated carbocycles. The molecular weight excluding hydrogens is 316 g/mol. The fourth-order valence-corrected chi connectivity index (χ4v) is 3.12. The summed E-state index contributed by atoms with van der Waals surface area (Å²) < 4.78 is 117. The number of alkyl halides is 6. The van der Waals surface area contributed by atoms with Crippen LogP contribution in [-0.4, -0.2) is 40.2 Å². The third-order valence-electron chi connectivity index (χ3n) is 1.55. The highest BCUT2D eigenvalue weighted by atomic mass is 32.3. The molecule has 18 heavy (non-hydrogen) atoms. The van der Waals surface area contributed by atoms with E-state index in [-0.39, 0.29) is 11.1 Å². The molecule has 0 spiro atoms. The molecule has 0 saturated heterocycles. The maximum Gasteiger partial charge on any atom is 0.392 e. The van der Waals surface area contributed by atoms with Crippen LogP contribution in [0.4, 0.5) is 26.3 Å². The van der Waals surface area contributed by atoms with E-state index in [1.165, 1.54) is 0 Å². The van der Waals surface area contributed by atoms with Gasteiger partial charge in [0.15, 0.2) is 0 Å². The second-order valence-corrected chi connectivity index (χ2v) is 7.02. The molecule has 110 valence electrons. The molecular formula is C5H7F6NO4S2. The minimum atomic E-state index is -6.38. The zero-order valence-electron chi connectivity index (χ0n) is 8.50. The Balaban J connectivity index is 5.49. The lowest BCUT2D eigenvalue weighted by Gasteiger charge is -2.20. The number of hydrogen-bond acceptors (Lipinski definition) is 4. The van der Waals surface area contributed by atoms with Crippen molar-refractivity contribution < 1.29 is 43.2 Å². The molecule has 0 aliphatic carbocycles. The SMILES string of the molecule is CC(F)(F)S(=O)(=O)NS(=O)(=O)C(F)(F)C(F)CF. The summed E-state index contributed by atoms with van der Waals surface area (Å²) in [4.78, 5) is 0. The molecule has 0 amide bonds. The van der Waals surface area contributed by atoms with E-state index in [2.05, 4.69) is 0 Å². The summed E-state index contributed by atoms with van der Waals surface area (Å²) in [6.07, 6.45) is -3.89. The van der Waals surface area contributed by atoms with E-state index in [4.69, 9.17) is 0 Å². The third kappa shape index (κ3) is 3.26. The predicted molar refractivity (Wildman–Crippen MR) is 47.4 cm³/mol. The van der Waals surface area contributed by atoms with Crippen molar-refractivity contribution in [1.29, 1.82) is 0 Å². The van der Waals surface area contributed by atoms with Crippen LogP contribution in [0.2, 0.25) is 0 Å². The van der Waals surface area contributed by atoms with Crippen molar-refractivity contribution in [2.75, 3.05) is 6.67 Å². The van der Waals surface area contributed by atoms with Crippen LogP contribution in [-0.2, 0) is 20.0 Å². The highest BCUT2D eigenvalue weighted by Crippen LogP contribution is 2.30. The molecule has 13 heteroatoms. The predicted octanol–water partition coefficient (Wildman–Crippen LogP) is 0.749. The Hall–Kier alpha value is -0.560. The number of rotatable bonds is 6. The van der Waals surface area contributed by atoms with Crippen LogP contribution in [0.15, 0.2) is 0 Å². The van der Waals surface area contributed by atoms with Crippen LogP contribution < -0.4 is 4.13 Å². The fraction of sp³-hybridized carbons (Fsp3) is 1.00. The molecule has 0 aromatic heterocycles. The average molecular weight is 323 g/mol. The number of hydrogen-bond donors (Lipinski definition) is 1. The molecule has 5 nitrogen and oxygen atoms in total. The van der Waals surface area contributed by atoms with Crippen molar-refractivity contribution in [2.24, 2.45) is 0 Å². The second-order valence-electron chi connectivity index (χ2n) is 3.08. The lowest BCUT2D eigenvalue weighted by Crippen LogP contribution is -2.51. The highest BCUT2D eigenvalue weighted by Gasteiger charge is 2.57. The number of halogens is 6. The first-order valence-electron chi connectivity index (χ1n) is 3.92. The van der Waals surface area contributed by atoms with Crippen LogP contribution in [0, 0.1) is 0 Å². The first-order valence-corrected chi connectivity index (χ1v) is 6.89. The van der Waals surface area contributed by atoms with Gasteiger partial charge in [-0.05, 0) is 0 Å². The highest BCUT2D eigenvalue weighted by molar-refractivity contribution is 8.05. The Morgan fingerprint density at radius 1 is 1.06 bits per heavy atom. The topological polar surface area (TPSA) is 80.3 Å². The third-order valence-corrected chi connectivity index (χ3v) is 5.22. The average Bonchev–Trinajstić information content (AvgIpc) is 2.12. The lowest BCUT2D eigenvalue weighted by molar-refractivity contribution is -0.00639. The van der Waals surface area contributed by atoms with Gasteiger partial charge in [-0.1, -0.05) is 4.13 Å². The van der Waals surface area contributed by atoms with Crippen molar-refractivity contribution in [1.82, 2.24) is 4.13 Å². The monoisotopic (exact) mass is 323 g/mol. The van der Waals surface area contributed by atoms with E-state index < -0.39 is 43.4 Å². The zero-order valence-corrected chi connectivity index (χ0v) is 10.1. The van der Waals surface area contributed by atoms with Crippen molar-refractivity contribution in [2.45, 2.75) is 23.6 Å². The maximum atomic E-state index is 12.7. The number of nitrogens with one attached hydrogen (secondary N) is 1. The van der Waals surface area contributed by atoms with Crippen LogP contribution in [0.5, 0.6) is 0 Å². The summed E-state index contributed by atoms with van der Waals surface area (Å²) in [5, 5.41) is -10.2. The van der Waals surface area contributed by atoms with E-state index in [9.17, 15) is 43.2 Å². The molecule has 0 bridgehead atoms. The Bertz CT molecular complexity index is 495. The van der Waals surface area contributed by atoms with Gasteiger partial charge >= 0.3 is 10.5 Å². The van der Waals surface area contributed by atoms with Crippen LogP contribution in [0.1, 0.15) is 6.92 Å². The molecule has 1 N–H and O–H groups in total. The van der Waals surface area contributed by atoms with Gasteiger partial charge in [0.1, 0.15) is 6.67 Å². The van der Waals surface area contributed by atoms with Gasteiger partial charge in [-0.25, -0.2) is 25.6 Å². The van der Waals surface area contributed by atoms with Gasteiger partial charge in [0.2, 0.25) is 6.17 Å². The van der Waals surface area contributed by atoms with Crippen molar-refractivity contribution in [3.05, 3.63) is 0 Å². The Morgan fingerprint density at radius 3 is 1.72 bits per heavy atom. The standard InChI is InChI=1S/C5H7F6NO4S2/c1-4(8,9)17(13,14)12-18(15,16)5(10,11)3(7)2-6/h3,12H,2H2,1H3. The first kappa shape index (κ1) is 17.4. The van der Waals surface area contributed by atoms with Crippen molar-refractivity contribution in [3.8, 4) is 0 Å². The summed E-state index contributed by atoms with van der Waals surface area (Å²) in [6.45, 7) is -2.73. The van der Waals surface area contributed by atoms with Crippen LogP contribution >= 0.6 is 0 Å². The van der Waals surface area contributed by atoms with E-state index in [1.807, 2.05) is 0 Å². The molecule has 0 aliphatic heterocycles.